The second-order valence-electron chi connectivity index (χ2n) is 6.34. The average Bonchev–Trinajstić information content (AvgIpc) is 2.20. The first-order chi connectivity index (χ1) is 8.59. The van der Waals surface area contributed by atoms with Crippen molar-refractivity contribution in [3.05, 3.63) is 34.1 Å². The zero-order chi connectivity index (χ0) is 14.7. The molecule has 19 heavy (non-hydrogen) atoms. The maximum absolute atomic E-state index is 13.2. The summed E-state index contributed by atoms with van der Waals surface area (Å²) in [5, 5.41) is 13.7. The summed E-state index contributed by atoms with van der Waals surface area (Å²) in [6.45, 7) is 8.78. The average molecular weight is 332 g/mol. The van der Waals surface area contributed by atoms with Crippen molar-refractivity contribution in [3.63, 3.8) is 0 Å². The Morgan fingerprint density at radius 2 is 1.89 bits per heavy atom. The van der Waals surface area contributed by atoms with E-state index in [1.54, 1.807) is 13.0 Å². The summed E-state index contributed by atoms with van der Waals surface area (Å²) in [6.07, 6.45) is 1.05. The van der Waals surface area contributed by atoms with Gasteiger partial charge in [-0.1, -0.05) is 15.9 Å². The van der Waals surface area contributed by atoms with Crippen molar-refractivity contribution in [2.45, 2.75) is 51.7 Å². The van der Waals surface area contributed by atoms with Crippen LogP contribution in [0.2, 0.25) is 0 Å². The molecule has 0 aliphatic heterocycles. The second-order valence-corrected chi connectivity index (χ2v) is 7.19. The molecule has 1 aromatic carbocycles. The molecule has 0 amide bonds. The number of hydrogen-bond acceptors (Lipinski definition) is 2. The van der Waals surface area contributed by atoms with Gasteiger partial charge in [-0.2, -0.15) is 0 Å². The zero-order valence-electron chi connectivity index (χ0n) is 12.1. The molecule has 108 valence electrons. The lowest BCUT2D eigenvalue weighted by molar-refractivity contribution is 0.0497. The first-order valence-electron chi connectivity index (χ1n) is 6.50. The van der Waals surface area contributed by atoms with E-state index in [0.717, 1.165) is 16.6 Å². The summed E-state index contributed by atoms with van der Waals surface area (Å²) in [5.41, 5.74) is -0.0230. The van der Waals surface area contributed by atoms with E-state index in [1.807, 2.05) is 0 Å². The second kappa shape index (κ2) is 6.33. The standard InChI is InChI=1S/C15H23BrFNO/c1-14(2,3)18-8-7-15(4,19)10-11-9-12(17)5-6-13(11)16/h5-6,9,18-19H,7-8,10H2,1-4H3. The van der Waals surface area contributed by atoms with E-state index in [1.165, 1.54) is 12.1 Å². The van der Waals surface area contributed by atoms with Crippen LogP contribution < -0.4 is 5.32 Å². The van der Waals surface area contributed by atoms with Crippen LogP contribution >= 0.6 is 15.9 Å². The van der Waals surface area contributed by atoms with Crippen molar-refractivity contribution in [2.75, 3.05) is 6.54 Å². The van der Waals surface area contributed by atoms with Crippen LogP contribution in [0, 0.1) is 5.82 Å². The Morgan fingerprint density at radius 3 is 2.47 bits per heavy atom. The third-order valence-corrected chi connectivity index (χ3v) is 3.67. The smallest absolute Gasteiger partial charge is 0.123 e. The van der Waals surface area contributed by atoms with Crippen molar-refractivity contribution in [1.29, 1.82) is 0 Å². The van der Waals surface area contributed by atoms with Crippen molar-refractivity contribution in [1.82, 2.24) is 5.32 Å². The molecule has 0 saturated carbocycles. The van der Waals surface area contributed by atoms with Gasteiger partial charge in [0, 0.05) is 16.4 Å². The molecule has 0 aliphatic rings. The lowest BCUT2D eigenvalue weighted by Gasteiger charge is -2.27. The number of rotatable bonds is 5. The fourth-order valence-electron chi connectivity index (χ4n) is 1.88. The van der Waals surface area contributed by atoms with E-state index in [9.17, 15) is 9.50 Å². The van der Waals surface area contributed by atoms with Gasteiger partial charge in [0.1, 0.15) is 5.82 Å². The highest BCUT2D eigenvalue weighted by Crippen LogP contribution is 2.24. The minimum Gasteiger partial charge on any atom is -0.390 e. The third-order valence-electron chi connectivity index (χ3n) is 2.90. The fourth-order valence-corrected chi connectivity index (χ4v) is 2.27. The molecule has 0 heterocycles. The van der Waals surface area contributed by atoms with E-state index in [-0.39, 0.29) is 11.4 Å². The van der Waals surface area contributed by atoms with Gasteiger partial charge in [-0.05, 0) is 64.4 Å². The fraction of sp³-hybridized carbons (Fsp3) is 0.600. The first kappa shape index (κ1) is 16.6. The summed E-state index contributed by atoms with van der Waals surface area (Å²) in [7, 11) is 0. The first-order valence-corrected chi connectivity index (χ1v) is 7.30. The van der Waals surface area contributed by atoms with Crippen molar-refractivity contribution in [2.24, 2.45) is 0 Å². The highest BCUT2D eigenvalue weighted by atomic mass is 79.9. The molecule has 4 heteroatoms. The minimum absolute atomic E-state index is 0.0372. The normalized spacial score (nSPS) is 15.3. The van der Waals surface area contributed by atoms with Crippen LogP contribution in [0.5, 0.6) is 0 Å². The maximum atomic E-state index is 13.2. The molecule has 0 spiro atoms. The van der Waals surface area contributed by atoms with E-state index < -0.39 is 5.60 Å². The number of hydrogen-bond donors (Lipinski definition) is 2. The van der Waals surface area contributed by atoms with E-state index in [4.69, 9.17) is 0 Å². The summed E-state index contributed by atoms with van der Waals surface area (Å²) < 4.78 is 14.0. The van der Waals surface area contributed by atoms with Gasteiger partial charge in [-0.15, -0.1) is 0 Å². The van der Waals surface area contributed by atoms with Gasteiger partial charge in [0.2, 0.25) is 0 Å². The van der Waals surface area contributed by atoms with Crippen molar-refractivity contribution >= 4 is 15.9 Å². The minimum atomic E-state index is -0.853. The lowest BCUT2D eigenvalue weighted by Crippen LogP contribution is -2.40. The Balaban J connectivity index is 2.61. The molecular weight excluding hydrogens is 309 g/mol. The molecule has 1 unspecified atom stereocenters. The molecule has 0 bridgehead atoms. The Kier molecular flexibility index (Phi) is 5.53. The molecule has 0 fully saturated rings. The van der Waals surface area contributed by atoms with Gasteiger partial charge < -0.3 is 10.4 Å². The van der Waals surface area contributed by atoms with Gasteiger partial charge >= 0.3 is 0 Å². The summed E-state index contributed by atoms with van der Waals surface area (Å²) >= 11 is 3.39. The van der Waals surface area contributed by atoms with Crippen LogP contribution in [0.15, 0.2) is 22.7 Å². The van der Waals surface area contributed by atoms with Crippen molar-refractivity contribution < 1.29 is 9.50 Å². The van der Waals surface area contributed by atoms with E-state index in [2.05, 4.69) is 42.0 Å². The predicted octanol–water partition coefficient (Wildman–Crippen LogP) is 3.66. The van der Waals surface area contributed by atoms with Crippen LogP contribution in [0.25, 0.3) is 0 Å². The summed E-state index contributed by atoms with van der Waals surface area (Å²) in [4.78, 5) is 0. The van der Waals surface area contributed by atoms with Gasteiger partial charge in [0.25, 0.3) is 0 Å². The van der Waals surface area contributed by atoms with Crippen molar-refractivity contribution in [3.8, 4) is 0 Å². The predicted molar refractivity (Wildman–Crippen MR) is 80.8 cm³/mol. The van der Waals surface area contributed by atoms with Gasteiger partial charge in [-0.25, -0.2) is 4.39 Å². The molecule has 2 nitrogen and oxygen atoms in total. The topological polar surface area (TPSA) is 32.3 Å². The maximum Gasteiger partial charge on any atom is 0.123 e. The Morgan fingerprint density at radius 1 is 1.26 bits per heavy atom. The highest BCUT2D eigenvalue weighted by molar-refractivity contribution is 9.10. The molecule has 1 aromatic rings. The van der Waals surface area contributed by atoms with Gasteiger partial charge in [-0.3, -0.25) is 0 Å². The summed E-state index contributed by atoms with van der Waals surface area (Å²) in [6, 6.07) is 4.55. The largest absolute Gasteiger partial charge is 0.390 e. The zero-order valence-corrected chi connectivity index (χ0v) is 13.6. The molecule has 0 aliphatic carbocycles. The molecule has 1 atom stereocenters. The van der Waals surface area contributed by atoms with Crippen LogP contribution in [0.3, 0.4) is 0 Å². The van der Waals surface area contributed by atoms with Gasteiger partial charge in [0.15, 0.2) is 0 Å². The lowest BCUT2D eigenvalue weighted by atomic mass is 9.93. The number of aliphatic hydroxyl groups is 1. The number of benzene rings is 1. The van der Waals surface area contributed by atoms with Crippen LogP contribution in [-0.2, 0) is 6.42 Å². The molecule has 2 N–H and O–H groups in total. The Bertz CT molecular complexity index is 427. The van der Waals surface area contributed by atoms with Crippen LogP contribution in [-0.4, -0.2) is 22.8 Å². The molecule has 0 radical (unpaired) electrons. The van der Waals surface area contributed by atoms with E-state index in [0.29, 0.717) is 12.8 Å². The van der Waals surface area contributed by atoms with Gasteiger partial charge in [0.05, 0.1) is 5.60 Å². The quantitative estimate of drug-likeness (QED) is 0.862. The molecule has 0 saturated heterocycles. The molecule has 1 rings (SSSR count). The monoisotopic (exact) mass is 331 g/mol. The Hall–Kier alpha value is -0.450. The van der Waals surface area contributed by atoms with Crippen LogP contribution in [0.4, 0.5) is 4.39 Å². The molecule has 0 aromatic heterocycles. The number of halogens is 2. The number of nitrogens with one attached hydrogen (secondary N) is 1. The SMILES string of the molecule is CC(O)(CCNC(C)(C)C)Cc1cc(F)ccc1Br. The third kappa shape index (κ3) is 6.50. The Labute approximate surface area is 123 Å². The van der Waals surface area contributed by atoms with Crippen LogP contribution in [0.1, 0.15) is 39.7 Å². The van der Waals surface area contributed by atoms with E-state index >= 15 is 0 Å². The highest BCUT2D eigenvalue weighted by Gasteiger charge is 2.23. The summed E-state index contributed by atoms with van der Waals surface area (Å²) in [5.74, 6) is -0.276. The molecular formula is C15H23BrFNO.